The van der Waals surface area contributed by atoms with Crippen molar-refractivity contribution in [2.24, 2.45) is 5.73 Å². The molecule has 0 amide bonds. The molecule has 1 heterocycles. The topological polar surface area (TPSA) is 56.7 Å². The lowest BCUT2D eigenvalue weighted by Crippen LogP contribution is -2.11. The van der Waals surface area contributed by atoms with Gasteiger partial charge in [-0.1, -0.05) is 45.0 Å². The Bertz CT molecular complexity index is 532. The van der Waals surface area contributed by atoms with Gasteiger partial charge in [-0.15, -0.1) is 0 Å². The number of rotatable bonds is 3. The van der Waals surface area contributed by atoms with Crippen LogP contribution in [0, 0.1) is 0 Å². The minimum absolute atomic E-state index is 0.121. The molecule has 0 spiro atoms. The molecule has 0 bridgehead atoms. The average molecular weight is 258 g/mol. The van der Waals surface area contributed by atoms with Crippen LogP contribution in [-0.4, -0.2) is 14.8 Å². The van der Waals surface area contributed by atoms with Gasteiger partial charge >= 0.3 is 0 Å². The van der Waals surface area contributed by atoms with Gasteiger partial charge in [0.1, 0.15) is 6.33 Å². The first-order valence-corrected chi connectivity index (χ1v) is 6.60. The molecule has 2 rings (SSSR count). The summed E-state index contributed by atoms with van der Waals surface area (Å²) >= 11 is 0. The van der Waals surface area contributed by atoms with Crippen molar-refractivity contribution in [2.75, 3.05) is 0 Å². The highest BCUT2D eigenvalue weighted by atomic mass is 15.3. The highest BCUT2D eigenvalue weighted by molar-refractivity contribution is 5.27. The maximum Gasteiger partial charge on any atom is 0.166 e. The Morgan fingerprint density at radius 3 is 2.32 bits per heavy atom. The van der Waals surface area contributed by atoms with E-state index in [-0.39, 0.29) is 11.5 Å². The van der Waals surface area contributed by atoms with E-state index in [1.807, 2.05) is 11.6 Å². The minimum Gasteiger partial charge on any atom is -0.321 e. The Labute approximate surface area is 114 Å². The molecule has 0 aliphatic heterocycles. The van der Waals surface area contributed by atoms with E-state index in [0.29, 0.717) is 5.82 Å². The molecule has 1 aromatic carbocycles. The Balaban J connectivity index is 2.11. The van der Waals surface area contributed by atoms with Gasteiger partial charge in [-0.05, 0) is 23.5 Å². The Hall–Kier alpha value is -1.68. The third-order valence-corrected chi connectivity index (χ3v) is 3.13. The van der Waals surface area contributed by atoms with Crippen LogP contribution in [-0.2, 0) is 12.0 Å². The van der Waals surface area contributed by atoms with Crippen molar-refractivity contribution in [3.63, 3.8) is 0 Å². The third kappa shape index (κ3) is 3.41. The van der Waals surface area contributed by atoms with Crippen molar-refractivity contribution in [1.29, 1.82) is 0 Å². The molecule has 0 saturated heterocycles. The summed E-state index contributed by atoms with van der Waals surface area (Å²) in [5.74, 6) is 0.686. The SMILES string of the molecule is CC(N)c1ncn(Cc2ccc(C(C)(C)C)cc2)n1. The molecule has 4 nitrogen and oxygen atoms in total. The van der Waals surface area contributed by atoms with Crippen molar-refractivity contribution < 1.29 is 0 Å². The van der Waals surface area contributed by atoms with E-state index < -0.39 is 0 Å². The lowest BCUT2D eigenvalue weighted by atomic mass is 9.87. The first-order chi connectivity index (χ1) is 8.86. The van der Waals surface area contributed by atoms with E-state index in [2.05, 4.69) is 55.1 Å². The predicted octanol–water partition coefficient (Wildman–Crippen LogP) is 2.64. The number of aromatic nitrogens is 3. The van der Waals surface area contributed by atoms with Crippen LogP contribution in [0.1, 0.15) is 50.7 Å². The van der Waals surface area contributed by atoms with E-state index >= 15 is 0 Å². The molecule has 0 saturated carbocycles. The van der Waals surface area contributed by atoms with Gasteiger partial charge in [0, 0.05) is 0 Å². The average Bonchev–Trinajstić information content (AvgIpc) is 2.77. The Morgan fingerprint density at radius 2 is 1.84 bits per heavy atom. The molecular weight excluding hydrogens is 236 g/mol. The normalized spacial score (nSPS) is 13.5. The van der Waals surface area contributed by atoms with Crippen LogP contribution < -0.4 is 5.73 Å². The molecule has 0 radical (unpaired) electrons. The van der Waals surface area contributed by atoms with Gasteiger partial charge in [0.05, 0.1) is 12.6 Å². The first-order valence-electron chi connectivity index (χ1n) is 6.60. The second-order valence-electron chi connectivity index (χ2n) is 6.04. The summed E-state index contributed by atoms with van der Waals surface area (Å²) in [6.45, 7) is 9.26. The highest BCUT2D eigenvalue weighted by Crippen LogP contribution is 2.22. The quantitative estimate of drug-likeness (QED) is 0.920. The molecule has 0 fully saturated rings. The van der Waals surface area contributed by atoms with Crippen molar-refractivity contribution >= 4 is 0 Å². The number of nitrogens with zero attached hydrogens (tertiary/aromatic N) is 3. The number of nitrogens with two attached hydrogens (primary N) is 1. The summed E-state index contributed by atoms with van der Waals surface area (Å²) in [6, 6.07) is 8.53. The monoisotopic (exact) mass is 258 g/mol. The zero-order chi connectivity index (χ0) is 14.0. The van der Waals surface area contributed by atoms with E-state index in [9.17, 15) is 0 Å². The molecule has 1 aromatic heterocycles. The fourth-order valence-electron chi connectivity index (χ4n) is 1.89. The fourth-order valence-corrected chi connectivity index (χ4v) is 1.89. The highest BCUT2D eigenvalue weighted by Gasteiger charge is 2.13. The summed E-state index contributed by atoms with van der Waals surface area (Å²) in [7, 11) is 0. The molecule has 4 heteroatoms. The summed E-state index contributed by atoms with van der Waals surface area (Å²) in [6.07, 6.45) is 1.73. The van der Waals surface area contributed by atoms with Gasteiger partial charge in [-0.3, -0.25) is 0 Å². The molecule has 102 valence electrons. The molecular formula is C15H22N4. The van der Waals surface area contributed by atoms with Crippen molar-refractivity contribution in [3.8, 4) is 0 Å². The van der Waals surface area contributed by atoms with E-state index in [0.717, 1.165) is 6.54 Å². The van der Waals surface area contributed by atoms with E-state index in [1.165, 1.54) is 11.1 Å². The summed E-state index contributed by atoms with van der Waals surface area (Å²) in [5.41, 5.74) is 8.49. The first kappa shape index (κ1) is 13.7. The van der Waals surface area contributed by atoms with Crippen molar-refractivity contribution in [2.45, 2.75) is 45.7 Å². The summed E-state index contributed by atoms with van der Waals surface area (Å²) < 4.78 is 1.82. The molecule has 1 unspecified atom stereocenters. The largest absolute Gasteiger partial charge is 0.321 e. The van der Waals surface area contributed by atoms with Crippen LogP contribution in [0.4, 0.5) is 0 Å². The van der Waals surface area contributed by atoms with Crippen LogP contribution in [0.25, 0.3) is 0 Å². The van der Waals surface area contributed by atoms with Crippen molar-refractivity contribution in [3.05, 3.63) is 47.5 Å². The number of hydrogen-bond acceptors (Lipinski definition) is 3. The molecule has 2 aromatic rings. The fraction of sp³-hybridized carbons (Fsp3) is 0.467. The van der Waals surface area contributed by atoms with Gasteiger partial charge in [0.25, 0.3) is 0 Å². The molecule has 0 aliphatic carbocycles. The van der Waals surface area contributed by atoms with Crippen LogP contribution in [0.15, 0.2) is 30.6 Å². The van der Waals surface area contributed by atoms with E-state index in [4.69, 9.17) is 5.73 Å². The Kier molecular flexibility index (Phi) is 3.71. The van der Waals surface area contributed by atoms with Crippen LogP contribution in [0.3, 0.4) is 0 Å². The lowest BCUT2D eigenvalue weighted by molar-refractivity contribution is 0.589. The van der Waals surface area contributed by atoms with Gasteiger partial charge in [-0.25, -0.2) is 9.67 Å². The predicted molar refractivity (Wildman–Crippen MR) is 76.9 cm³/mol. The van der Waals surface area contributed by atoms with Crippen LogP contribution in [0.2, 0.25) is 0 Å². The zero-order valence-corrected chi connectivity index (χ0v) is 12.1. The van der Waals surface area contributed by atoms with E-state index in [1.54, 1.807) is 6.33 Å². The summed E-state index contributed by atoms with van der Waals surface area (Å²) in [5, 5.41) is 4.36. The van der Waals surface area contributed by atoms with Crippen LogP contribution in [0.5, 0.6) is 0 Å². The van der Waals surface area contributed by atoms with Crippen LogP contribution >= 0.6 is 0 Å². The van der Waals surface area contributed by atoms with Gasteiger partial charge in [-0.2, -0.15) is 5.10 Å². The smallest absolute Gasteiger partial charge is 0.166 e. The maximum absolute atomic E-state index is 5.75. The van der Waals surface area contributed by atoms with Crippen molar-refractivity contribution in [1.82, 2.24) is 14.8 Å². The number of benzene rings is 1. The summed E-state index contributed by atoms with van der Waals surface area (Å²) in [4.78, 5) is 4.20. The lowest BCUT2D eigenvalue weighted by Gasteiger charge is -2.19. The number of hydrogen-bond donors (Lipinski definition) is 1. The molecule has 19 heavy (non-hydrogen) atoms. The van der Waals surface area contributed by atoms with Gasteiger partial charge in [0.15, 0.2) is 5.82 Å². The second-order valence-corrected chi connectivity index (χ2v) is 6.04. The third-order valence-electron chi connectivity index (χ3n) is 3.13. The minimum atomic E-state index is -0.121. The molecule has 2 N–H and O–H groups in total. The molecule has 1 atom stereocenters. The Morgan fingerprint density at radius 1 is 1.21 bits per heavy atom. The maximum atomic E-state index is 5.75. The van der Waals surface area contributed by atoms with Gasteiger partial charge < -0.3 is 5.73 Å². The second kappa shape index (κ2) is 5.13. The standard InChI is InChI=1S/C15H22N4/c1-11(16)14-17-10-19(18-14)9-12-5-7-13(8-6-12)15(2,3)4/h5-8,10-11H,9,16H2,1-4H3. The van der Waals surface area contributed by atoms with Gasteiger partial charge in [0.2, 0.25) is 0 Å². The zero-order valence-electron chi connectivity index (χ0n) is 12.1. The molecule has 0 aliphatic rings.